The predicted octanol–water partition coefficient (Wildman–Crippen LogP) is 1.50. The van der Waals surface area contributed by atoms with Gasteiger partial charge in [0.2, 0.25) is 11.8 Å². The number of hydrogen-bond acceptors (Lipinski definition) is 8. The van der Waals surface area contributed by atoms with E-state index in [0.717, 1.165) is 45.4 Å². The van der Waals surface area contributed by atoms with Gasteiger partial charge in [-0.25, -0.2) is 19.4 Å². The van der Waals surface area contributed by atoms with Gasteiger partial charge < -0.3 is 15.0 Å². The molecule has 0 aromatic carbocycles. The number of piperazine rings is 1. The number of fused-ring (bicyclic) bond motifs is 1. The minimum absolute atomic E-state index is 0.0814. The van der Waals surface area contributed by atoms with Gasteiger partial charge in [0.15, 0.2) is 11.6 Å². The Bertz CT molecular complexity index is 912. The first-order chi connectivity index (χ1) is 16.8. The molecule has 2 saturated heterocycles. The predicted molar refractivity (Wildman–Crippen MR) is 126 cm³/mol. The number of hydroxylamine groups is 2. The van der Waals surface area contributed by atoms with Crippen molar-refractivity contribution in [2.75, 3.05) is 50.8 Å². The van der Waals surface area contributed by atoms with E-state index >= 15 is 4.39 Å². The van der Waals surface area contributed by atoms with Crippen LogP contribution in [0, 0.1) is 24.6 Å². The quantitative estimate of drug-likeness (QED) is 0.415. The minimum Gasteiger partial charge on any atom is -0.378 e. The Labute approximate surface area is 205 Å². The molecule has 0 unspecified atom stereocenters. The Morgan fingerprint density at radius 1 is 1.26 bits per heavy atom. The van der Waals surface area contributed by atoms with Crippen molar-refractivity contribution in [3.8, 4) is 0 Å². The fraction of sp³-hybridized carbons (Fsp3) is 0.750. The van der Waals surface area contributed by atoms with Crippen molar-refractivity contribution >= 4 is 17.6 Å². The molecule has 194 valence electrons. The molecule has 3 heterocycles. The Morgan fingerprint density at radius 3 is 2.77 bits per heavy atom. The number of aromatic nitrogens is 2. The molecule has 3 fully saturated rings. The number of ether oxygens (including phenoxy) is 1. The van der Waals surface area contributed by atoms with E-state index in [9.17, 15) is 14.8 Å². The lowest BCUT2D eigenvalue weighted by molar-refractivity contribution is -0.166. The fourth-order valence-electron chi connectivity index (χ4n) is 5.43. The van der Waals surface area contributed by atoms with Crippen molar-refractivity contribution in [1.82, 2.24) is 25.2 Å². The third-order valence-electron chi connectivity index (χ3n) is 7.40. The summed E-state index contributed by atoms with van der Waals surface area (Å²) >= 11 is 0. The summed E-state index contributed by atoms with van der Waals surface area (Å²) in [4.78, 5) is 37.5. The molecule has 1 saturated carbocycles. The van der Waals surface area contributed by atoms with Crippen LogP contribution in [0.25, 0.3) is 0 Å². The standard InChI is InChI=1S/C24H37FN6O4/c1-16-27-21(22(25)23(28-16)30-8-7-29-9-10-35-15-20(29)14-30)12-26-24(33)19(13-31(34)17(2)32)11-18-5-3-4-6-18/h18-20,34H,3-15H2,1-2H3,(H,26,33)/t19-,20+/m1/s1. The highest BCUT2D eigenvalue weighted by atomic mass is 19.1. The molecular formula is C24H37FN6O4. The highest BCUT2D eigenvalue weighted by molar-refractivity contribution is 5.80. The second kappa shape index (κ2) is 11.6. The van der Waals surface area contributed by atoms with Gasteiger partial charge in [-0.15, -0.1) is 0 Å². The Balaban J connectivity index is 1.43. The lowest BCUT2D eigenvalue weighted by Crippen LogP contribution is -2.58. The van der Waals surface area contributed by atoms with Crippen LogP contribution in [0.2, 0.25) is 0 Å². The normalized spacial score (nSPS) is 22.1. The summed E-state index contributed by atoms with van der Waals surface area (Å²) in [6.45, 7) is 7.15. The largest absolute Gasteiger partial charge is 0.378 e. The first kappa shape index (κ1) is 25.7. The molecule has 10 nitrogen and oxygen atoms in total. The molecular weight excluding hydrogens is 455 g/mol. The number of rotatable bonds is 8. The van der Waals surface area contributed by atoms with Crippen LogP contribution in [-0.4, -0.2) is 88.9 Å². The van der Waals surface area contributed by atoms with Gasteiger partial charge in [0.1, 0.15) is 11.5 Å². The number of hydrogen-bond donors (Lipinski definition) is 2. The Hall–Kier alpha value is -2.37. The van der Waals surface area contributed by atoms with Crippen LogP contribution in [0.4, 0.5) is 10.2 Å². The van der Waals surface area contributed by atoms with Crippen LogP contribution in [0.5, 0.6) is 0 Å². The number of halogens is 1. The molecule has 35 heavy (non-hydrogen) atoms. The maximum atomic E-state index is 15.5. The van der Waals surface area contributed by atoms with Gasteiger partial charge in [-0.1, -0.05) is 25.7 Å². The highest BCUT2D eigenvalue weighted by Crippen LogP contribution is 2.31. The molecule has 11 heteroatoms. The van der Waals surface area contributed by atoms with E-state index in [-0.39, 0.29) is 36.6 Å². The molecule has 1 aromatic heterocycles. The zero-order chi connectivity index (χ0) is 24.9. The molecule has 1 aromatic rings. The lowest BCUT2D eigenvalue weighted by atomic mass is 9.92. The molecule has 1 aliphatic carbocycles. The molecule has 2 atom stereocenters. The van der Waals surface area contributed by atoms with Gasteiger partial charge >= 0.3 is 0 Å². The van der Waals surface area contributed by atoms with Gasteiger partial charge in [-0.2, -0.15) is 0 Å². The van der Waals surface area contributed by atoms with Crippen molar-refractivity contribution in [2.24, 2.45) is 11.8 Å². The number of nitrogens with one attached hydrogen (secondary N) is 1. The molecule has 0 radical (unpaired) electrons. The zero-order valence-corrected chi connectivity index (χ0v) is 20.7. The zero-order valence-electron chi connectivity index (χ0n) is 20.7. The third kappa shape index (κ3) is 6.45. The van der Waals surface area contributed by atoms with E-state index in [1.165, 1.54) is 6.92 Å². The van der Waals surface area contributed by atoms with Crippen molar-refractivity contribution in [3.05, 3.63) is 17.3 Å². The molecule has 0 spiro atoms. The average molecular weight is 493 g/mol. The van der Waals surface area contributed by atoms with E-state index in [2.05, 4.69) is 20.2 Å². The summed E-state index contributed by atoms with van der Waals surface area (Å²) in [5, 5.41) is 13.3. The Morgan fingerprint density at radius 2 is 2.03 bits per heavy atom. The average Bonchev–Trinajstić information content (AvgIpc) is 3.36. The second-order valence-electron chi connectivity index (χ2n) is 9.97. The topological polar surface area (TPSA) is 111 Å². The van der Waals surface area contributed by atoms with Gasteiger partial charge in [-0.3, -0.25) is 19.7 Å². The molecule has 3 aliphatic rings. The summed E-state index contributed by atoms with van der Waals surface area (Å²) in [7, 11) is 0. The van der Waals surface area contributed by atoms with Crippen molar-refractivity contribution < 1.29 is 23.9 Å². The van der Waals surface area contributed by atoms with Crippen LogP contribution >= 0.6 is 0 Å². The van der Waals surface area contributed by atoms with Crippen molar-refractivity contribution in [1.29, 1.82) is 0 Å². The summed E-state index contributed by atoms with van der Waals surface area (Å²) in [5.41, 5.74) is 0.134. The molecule has 2 N–H and O–H groups in total. The molecule has 0 bridgehead atoms. The van der Waals surface area contributed by atoms with Crippen molar-refractivity contribution in [3.63, 3.8) is 0 Å². The van der Waals surface area contributed by atoms with Crippen LogP contribution in [0.1, 0.15) is 50.5 Å². The number of carbonyl (C=O) groups is 2. The Kier molecular flexibility index (Phi) is 8.51. The number of aryl methyl sites for hydroxylation is 1. The minimum atomic E-state index is -0.572. The number of amides is 2. The molecule has 2 amide bonds. The lowest BCUT2D eigenvalue weighted by Gasteiger charge is -2.44. The summed E-state index contributed by atoms with van der Waals surface area (Å²) in [6.07, 6.45) is 4.92. The van der Waals surface area contributed by atoms with Gasteiger partial charge in [0, 0.05) is 33.1 Å². The summed E-state index contributed by atoms with van der Waals surface area (Å²) in [6, 6.07) is 0.203. The smallest absolute Gasteiger partial charge is 0.242 e. The first-order valence-corrected chi connectivity index (χ1v) is 12.7. The van der Waals surface area contributed by atoms with Crippen LogP contribution in [-0.2, 0) is 20.9 Å². The first-order valence-electron chi connectivity index (χ1n) is 12.7. The maximum absolute atomic E-state index is 15.5. The fourth-order valence-corrected chi connectivity index (χ4v) is 5.43. The second-order valence-corrected chi connectivity index (χ2v) is 9.97. The van der Waals surface area contributed by atoms with Crippen LogP contribution in [0.3, 0.4) is 0 Å². The van der Waals surface area contributed by atoms with E-state index < -0.39 is 17.6 Å². The van der Waals surface area contributed by atoms with Crippen molar-refractivity contribution in [2.45, 2.75) is 58.5 Å². The SMILES string of the molecule is CC(=O)N(O)C[C@@H](CC1CCCC1)C(=O)NCc1nc(C)nc(N2CCN3CCOC[C@@H]3C2)c1F. The van der Waals surface area contributed by atoms with E-state index in [4.69, 9.17) is 4.74 Å². The number of carbonyl (C=O) groups excluding carboxylic acids is 2. The summed E-state index contributed by atoms with van der Waals surface area (Å²) in [5.74, 6) is -0.848. The van der Waals surface area contributed by atoms with E-state index in [1.807, 2.05) is 4.90 Å². The van der Waals surface area contributed by atoms with E-state index in [0.29, 0.717) is 42.9 Å². The molecule has 2 aliphatic heterocycles. The van der Waals surface area contributed by atoms with Gasteiger partial charge in [0.25, 0.3) is 0 Å². The highest BCUT2D eigenvalue weighted by Gasteiger charge is 2.32. The monoisotopic (exact) mass is 492 g/mol. The van der Waals surface area contributed by atoms with E-state index in [1.54, 1.807) is 6.92 Å². The van der Waals surface area contributed by atoms with Gasteiger partial charge in [-0.05, 0) is 19.3 Å². The van der Waals surface area contributed by atoms with Crippen LogP contribution in [0.15, 0.2) is 0 Å². The number of nitrogens with zero attached hydrogens (tertiary/aromatic N) is 5. The number of morpholine rings is 1. The maximum Gasteiger partial charge on any atom is 0.242 e. The number of anilines is 1. The summed E-state index contributed by atoms with van der Waals surface area (Å²) < 4.78 is 21.1. The van der Waals surface area contributed by atoms with Crippen LogP contribution < -0.4 is 10.2 Å². The molecule has 4 rings (SSSR count). The third-order valence-corrected chi connectivity index (χ3v) is 7.40. The van der Waals surface area contributed by atoms with Gasteiger partial charge in [0.05, 0.1) is 38.3 Å².